The van der Waals surface area contributed by atoms with Crippen LogP contribution in [0.1, 0.15) is 0 Å². The van der Waals surface area contributed by atoms with E-state index in [1.54, 1.807) is 12.5 Å². The van der Waals surface area contributed by atoms with Crippen LogP contribution in [0.3, 0.4) is 0 Å². The van der Waals surface area contributed by atoms with Crippen LogP contribution in [0.2, 0.25) is 0 Å². The number of fused-ring (bicyclic) bond motifs is 9. The molecule has 0 saturated carbocycles. The zero-order valence-corrected chi connectivity index (χ0v) is 20.6. The van der Waals surface area contributed by atoms with Crippen LogP contribution in [0, 0.1) is 0 Å². The standard InChI is InChI=1S/C33H19N5O/c1-3-8-25-21(6-1)23-16-20(37-26-9-4-2-7-22(26)33-29(37)18-35-19-36-33)12-13-27(23)38(25)28-10-5-11-31-32(28)24-17-34-15-14-30(24)39-31/h1-19H. The number of furan rings is 1. The Morgan fingerprint density at radius 1 is 0.564 bits per heavy atom. The predicted molar refractivity (Wildman–Crippen MR) is 156 cm³/mol. The van der Waals surface area contributed by atoms with E-state index >= 15 is 0 Å². The van der Waals surface area contributed by atoms with Crippen molar-refractivity contribution in [1.29, 1.82) is 0 Å². The summed E-state index contributed by atoms with van der Waals surface area (Å²) in [6.07, 6.45) is 7.17. The van der Waals surface area contributed by atoms with Crippen LogP contribution in [-0.4, -0.2) is 24.1 Å². The minimum absolute atomic E-state index is 0.837. The Hall–Kier alpha value is -5.49. The maximum Gasteiger partial charge on any atom is 0.138 e. The maximum atomic E-state index is 6.20. The van der Waals surface area contributed by atoms with Crippen LogP contribution in [0.5, 0.6) is 0 Å². The second-order valence-electron chi connectivity index (χ2n) is 9.79. The Morgan fingerprint density at radius 2 is 1.38 bits per heavy atom. The highest BCUT2D eigenvalue weighted by Gasteiger charge is 2.19. The van der Waals surface area contributed by atoms with Crippen molar-refractivity contribution in [1.82, 2.24) is 24.1 Å². The third-order valence-corrected chi connectivity index (χ3v) is 7.76. The maximum absolute atomic E-state index is 6.20. The second-order valence-corrected chi connectivity index (χ2v) is 9.79. The van der Waals surface area contributed by atoms with Crippen molar-refractivity contribution in [3.8, 4) is 11.4 Å². The van der Waals surface area contributed by atoms with Gasteiger partial charge in [-0.15, -0.1) is 0 Å². The number of rotatable bonds is 2. The van der Waals surface area contributed by atoms with Crippen molar-refractivity contribution in [2.24, 2.45) is 0 Å². The van der Waals surface area contributed by atoms with E-state index in [1.165, 1.54) is 10.8 Å². The molecular formula is C33H19N5O. The smallest absolute Gasteiger partial charge is 0.138 e. The van der Waals surface area contributed by atoms with E-state index in [4.69, 9.17) is 4.42 Å². The van der Waals surface area contributed by atoms with E-state index in [9.17, 15) is 0 Å². The van der Waals surface area contributed by atoms with Crippen molar-refractivity contribution in [2.75, 3.05) is 0 Å². The van der Waals surface area contributed by atoms with Crippen LogP contribution < -0.4 is 0 Å². The second kappa shape index (κ2) is 7.52. The first kappa shape index (κ1) is 20.6. The molecule has 4 aromatic carbocycles. The van der Waals surface area contributed by atoms with E-state index in [-0.39, 0.29) is 0 Å². The molecule has 0 radical (unpaired) electrons. The number of hydrogen-bond acceptors (Lipinski definition) is 4. The summed E-state index contributed by atoms with van der Waals surface area (Å²) in [4.78, 5) is 13.3. The predicted octanol–water partition coefficient (Wildman–Crippen LogP) is 7.97. The van der Waals surface area contributed by atoms with Crippen molar-refractivity contribution < 1.29 is 4.42 Å². The first-order valence-electron chi connectivity index (χ1n) is 12.9. The first-order valence-corrected chi connectivity index (χ1v) is 12.9. The molecule has 0 fully saturated rings. The molecule has 182 valence electrons. The summed E-state index contributed by atoms with van der Waals surface area (Å²) in [7, 11) is 0. The van der Waals surface area contributed by atoms with Crippen molar-refractivity contribution in [3.63, 3.8) is 0 Å². The van der Waals surface area contributed by atoms with Gasteiger partial charge in [0.1, 0.15) is 17.5 Å². The van der Waals surface area contributed by atoms with Crippen LogP contribution in [0.25, 0.3) is 77.1 Å². The lowest BCUT2D eigenvalue weighted by molar-refractivity contribution is 0.668. The molecule has 39 heavy (non-hydrogen) atoms. The zero-order chi connectivity index (χ0) is 25.5. The fourth-order valence-corrected chi connectivity index (χ4v) is 6.17. The number of para-hydroxylation sites is 2. The Morgan fingerprint density at radius 3 is 2.31 bits per heavy atom. The summed E-state index contributed by atoms with van der Waals surface area (Å²) in [5.41, 5.74) is 9.15. The molecule has 5 aromatic heterocycles. The molecule has 6 heteroatoms. The Kier molecular flexibility index (Phi) is 3.96. The van der Waals surface area contributed by atoms with Gasteiger partial charge in [-0.2, -0.15) is 0 Å². The van der Waals surface area contributed by atoms with Gasteiger partial charge in [-0.05, 0) is 48.5 Å². The Labute approximate surface area is 221 Å². The summed E-state index contributed by atoms with van der Waals surface area (Å²) >= 11 is 0. The molecule has 0 amide bonds. The molecule has 0 N–H and O–H groups in total. The highest BCUT2D eigenvalue weighted by molar-refractivity contribution is 6.15. The lowest BCUT2D eigenvalue weighted by atomic mass is 10.1. The van der Waals surface area contributed by atoms with Crippen LogP contribution in [0.15, 0.2) is 120 Å². The van der Waals surface area contributed by atoms with Gasteiger partial charge in [-0.25, -0.2) is 9.97 Å². The normalized spacial score (nSPS) is 12.1. The molecule has 0 aliphatic carbocycles. The van der Waals surface area contributed by atoms with Gasteiger partial charge < -0.3 is 13.6 Å². The van der Waals surface area contributed by atoms with Gasteiger partial charge in [0.25, 0.3) is 0 Å². The minimum Gasteiger partial charge on any atom is -0.456 e. The third-order valence-electron chi connectivity index (χ3n) is 7.76. The van der Waals surface area contributed by atoms with Crippen LogP contribution in [-0.2, 0) is 0 Å². The fourth-order valence-electron chi connectivity index (χ4n) is 6.17. The lowest BCUT2D eigenvalue weighted by Crippen LogP contribution is -1.96. The van der Waals surface area contributed by atoms with Gasteiger partial charge in [0.2, 0.25) is 0 Å². The Bertz CT molecular complexity index is 2360. The third kappa shape index (κ3) is 2.72. The van der Waals surface area contributed by atoms with Gasteiger partial charge in [0.15, 0.2) is 0 Å². The largest absolute Gasteiger partial charge is 0.456 e. The van der Waals surface area contributed by atoms with E-state index < -0.39 is 0 Å². The first-order chi connectivity index (χ1) is 19.4. The summed E-state index contributed by atoms with van der Waals surface area (Å²) in [5.74, 6) is 0. The molecule has 0 unspecified atom stereocenters. The molecule has 0 bridgehead atoms. The van der Waals surface area contributed by atoms with E-state index in [0.717, 1.165) is 66.3 Å². The molecular weight excluding hydrogens is 482 g/mol. The van der Waals surface area contributed by atoms with Crippen LogP contribution >= 0.6 is 0 Å². The van der Waals surface area contributed by atoms with Crippen molar-refractivity contribution in [3.05, 3.63) is 116 Å². The monoisotopic (exact) mass is 501 g/mol. The molecule has 9 rings (SSSR count). The number of benzene rings is 4. The van der Waals surface area contributed by atoms with E-state index in [2.05, 4.69) is 103 Å². The molecule has 0 atom stereocenters. The molecule has 0 spiro atoms. The highest BCUT2D eigenvalue weighted by atomic mass is 16.3. The average Bonchev–Trinajstić information content (AvgIpc) is 3.65. The minimum atomic E-state index is 0.837. The summed E-state index contributed by atoms with van der Waals surface area (Å²) in [5, 5.41) is 5.55. The topological polar surface area (TPSA) is 61.7 Å². The van der Waals surface area contributed by atoms with Gasteiger partial charge in [-0.1, -0.05) is 42.5 Å². The summed E-state index contributed by atoms with van der Waals surface area (Å²) in [6, 6.07) is 31.8. The number of pyridine rings is 1. The van der Waals surface area contributed by atoms with Crippen molar-refractivity contribution >= 4 is 65.7 Å². The van der Waals surface area contributed by atoms with E-state index in [0.29, 0.717) is 0 Å². The van der Waals surface area contributed by atoms with Gasteiger partial charge in [0, 0.05) is 39.6 Å². The van der Waals surface area contributed by atoms with Gasteiger partial charge in [-0.3, -0.25) is 4.98 Å². The number of hydrogen-bond donors (Lipinski definition) is 0. The van der Waals surface area contributed by atoms with E-state index in [1.807, 2.05) is 24.5 Å². The summed E-state index contributed by atoms with van der Waals surface area (Å²) < 4.78 is 10.8. The number of nitrogens with zero attached hydrogens (tertiary/aromatic N) is 5. The molecule has 6 nitrogen and oxygen atoms in total. The zero-order valence-electron chi connectivity index (χ0n) is 20.6. The molecule has 0 aliphatic heterocycles. The molecule has 0 saturated heterocycles. The summed E-state index contributed by atoms with van der Waals surface area (Å²) in [6.45, 7) is 0. The molecule has 0 aliphatic rings. The van der Waals surface area contributed by atoms with Gasteiger partial charge >= 0.3 is 0 Å². The highest BCUT2D eigenvalue weighted by Crippen LogP contribution is 2.39. The Balaban J connectivity index is 1.39. The average molecular weight is 502 g/mol. The number of aromatic nitrogens is 5. The van der Waals surface area contributed by atoms with Gasteiger partial charge in [0.05, 0.1) is 44.9 Å². The lowest BCUT2D eigenvalue weighted by Gasteiger charge is -2.11. The van der Waals surface area contributed by atoms with Crippen LogP contribution in [0.4, 0.5) is 0 Å². The molecule has 5 heterocycles. The SMILES string of the molecule is c1cc(-n2c3ccccc3c3cc(-n4c5ccccc5c5ncncc54)ccc32)c2c(c1)oc1ccncc12. The fraction of sp³-hybridized carbons (Fsp3) is 0. The van der Waals surface area contributed by atoms with Crippen molar-refractivity contribution in [2.45, 2.75) is 0 Å². The molecule has 9 aromatic rings. The quantitative estimate of drug-likeness (QED) is 0.241.